The lowest BCUT2D eigenvalue weighted by atomic mass is 10.1. The molecule has 0 aliphatic heterocycles. The van der Waals surface area contributed by atoms with E-state index < -0.39 is 5.82 Å². The average molecular weight is 361 g/mol. The van der Waals surface area contributed by atoms with Crippen molar-refractivity contribution in [2.75, 3.05) is 5.32 Å². The average Bonchev–Trinajstić information content (AvgIpc) is 2.33. The zero-order chi connectivity index (χ0) is 14.7. The lowest BCUT2D eigenvalue weighted by Gasteiger charge is -2.18. The normalized spacial score (nSPS) is 12.2. The third-order valence-electron chi connectivity index (χ3n) is 2.83. The standard InChI is InChI=1S/C15H13BrClF2N/c1-9(5-10-3-2-4-11(18)6-10)20-15-13(16)7-12(19)8-14(15)17/h2-4,6-9,20H,5H2,1H3. The Balaban J connectivity index is 2.10. The summed E-state index contributed by atoms with van der Waals surface area (Å²) in [5.41, 5.74) is 1.52. The number of benzene rings is 2. The molecule has 0 heterocycles. The summed E-state index contributed by atoms with van der Waals surface area (Å²) in [5, 5.41) is 3.51. The van der Waals surface area contributed by atoms with E-state index in [1.54, 1.807) is 6.07 Å². The van der Waals surface area contributed by atoms with E-state index in [4.69, 9.17) is 11.6 Å². The van der Waals surface area contributed by atoms with E-state index >= 15 is 0 Å². The van der Waals surface area contributed by atoms with Crippen molar-refractivity contribution >= 4 is 33.2 Å². The lowest BCUT2D eigenvalue weighted by Crippen LogP contribution is -2.18. The number of nitrogens with one attached hydrogen (secondary N) is 1. The van der Waals surface area contributed by atoms with Crippen molar-refractivity contribution in [2.45, 2.75) is 19.4 Å². The Morgan fingerprint density at radius 2 is 1.95 bits per heavy atom. The van der Waals surface area contributed by atoms with Crippen LogP contribution in [-0.4, -0.2) is 6.04 Å². The smallest absolute Gasteiger partial charge is 0.125 e. The van der Waals surface area contributed by atoms with Crippen LogP contribution in [0.3, 0.4) is 0 Å². The first kappa shape index (κ1) is 15.3. The van der Waals surface area contributed by atoms with Crippen LogP contribution >= 0.6 is 27.5 Å². The molecule has 5 heteroatoms. The van der Waals surface area contributed by atoms with Crippen molar-refractivity contribution in [3.8, 4) is 0 Å². The summed E-state index contributed by atoms with van der Waals surface area (Å²) in [5.74, 6) is -0.652. The molecule has 2 aromatic rings. The van der Waals surface area contributed by atoms with E-state index in [0.717, 1.165) is 5.56 Å². The van der Waals surface area contributed by atoms with Gasteiger partial charge < -0.3 is 5.32 Å². The van der Waals surface area contributed by atoms with Gasteiger partial charge in [-0.3, -0.25) is 0 Å². The van der Waals surface area contributed by atoms with Gasteiger partial charge in [-0.1, -0.05) is 23.7 Å². The maximum Gasteiger partial charge on any atom is 0.125 e. The maximum absolute atomic E-state index is 13.2. The van der Waals surface area contributed by atoms with Crippen LogP contribution in [0.15, 0.2) is 40.9 Å². The second-order valence-electron chi connectivity index (χ2n) is 4.62. The van der Waals surface area contributed by atoms with Crippen molar-refractivity contribution in [3.63, 3.8) is 0 Å². The summed E-state index contributed by atoms with van der Waals surface area (Å²) < 4.78 is 26.8. The number of anilines is 1. The van der Waals surface area contributed by atoms with Crippen LogP contribution in [0.4, 0.5) is 14.5 Å². The molecule has 2 rings (SSSR count). The SMILES string of the molecule is CC(Cc1cccc(F)c1)Nc1c(Cl)cc(F)cc1Br. The highest BCUT2D eigenvalue weighted by atomic mass is 79.9. The van der Waals surface area contributed by atoms with Crippen LogP contribution in [0.2, 0.25) is 5.02 Å². The first-order chi connectivity index (χ1) is 9.45. The highest BCUT2D eigenvalue weighted by Crippen LogP contribution is 2.32. The molecule has 2 aromatic carbocycles. The molecule has 0 bridgehead atoms. The minimum Gasteiger partial charge on any atom is -0.380 e. The highest BCUT2D eigenvalue weighted by molar-refractivity contribution is 9.10. The fourth-order valence-corrected chi connectivity index (χ4v) is 2.92. The summed E-state index contributed by atoms with van der Waals surface area (Å²) in [6.07, 6.45) is 0.637. The molecule has 1 N–H and O–H groups in total. The maximum atomic E-state index is 13.2. The van der Waals surface area contributed by atoms with Gasteiger partial charge in [-0.15, -0.1) is 0 Å². The predicted molar refractivity (Wildman–Crippen MR) is 82.3 cm³/mol. The van der Waals surface area contributed by atoms with Gasteiger partial charge in [-0.05, 0) is 59.1 Å². The number of hydrogen-bond acceptors (Lipinski definition) is 1. The van der Waals surface area contributed by atoms with Crippen LogP contribution in [0.1, 0.15) is 12.5 Å². The summed E-state index contributed by atoms with van der Waals surface area (Å²) in [4.78, 5) is 0. The first-order valence-electron chi connectivity index (χ1n) is 6.11. The molecule has 1 atom stereocenters. The molecule has 0 radical (unpaired) electrons. The minimum atomic E-state index is -0.398. The van der Waals surface area contributed by atoms with Gasteiger partial charge in [-0.25, -0.2) is 8.78 Å². The second-order valence-corrected chi connectivity index (χ2v) is 5.89. The predicted octanol–water partition coefficient (Wildman–Crippen LogP) is 5.42. The Hall–Kier alpha value is -1.13. The van der Waals surface area contributed by atoms with Crippen LogP contribution in [0, 0.1) is 11.6 Å². The van der Waals surface area contributed by atoms with Crippen molar-refractivity contribution in [1.82, 2.24) is 0 Å². The lowest BCUT2D eigenvalue weighted by molar-refractivity contribution is 0.623. The molecule has 0 saturated carbocycles. The molecule has 106 valence electrons. The van der Waals surface area contributed by atoms with E-state index in [-0.39, 0.29) is 11.9 Å². The number of rotatable bonds is 4. The summed E-state index contributed by atoms with van der Waals surface area (Å²) in [6, 6.07) is 9.08. The van der Waals surface area contributed by atoms with Crippen molar-refractivity contribution in [2.24, 2.45) is 0 Å². The van der Waals surface area contributed by atoms with Crippen molar-refractivity contribution in [3.05, 3.63) is 63.1 Å². The monoisotopic (exact) mass is 359 g/mol. The zero-order valence-corrected chi connectivity index (χ0v) is 13.1. The van der Waals surface area contributed by atoms with Gasteiger partial charge in [0.05, 0.1) is 10.7 Å². The number of hydrogen-bond donors (Lipinski definition) is 1. The molecular formula is C15H13BrClF2N. The summed E-state index contributed by atoms with van der Waals surface area (Å²) in [7, 11) is 0. The molecule has 1 unspecified atom stereocenters. The topological polar surface area (TPSA) is 12.0 Å². The quantitative estimate of drug-likeness (QED) is 0.767. The third kappa shape index (κ3) is 3.93. The van der Waals surface area contributed by atoms with E-state index in [1.807, 2.05) is 13.0 Å². The highest BCUT2D eigenvalue weighted by Gasteiger charge is 2.11. The molecule has 1 nitrogen and oxygen atoms in total. The zero-order valence-electron chi connectivity index (χ0n) is 10.8. The molecule has 0 aliphatic rings. The van der Waals surface area contributed by atoms with Crippen LogP contribution in [-0.2, 0) is 6.42 Å². The van der Waals surface area contributed by atoms with Gasteiger partial charge >= 0.3 is 0 Å². The number of halogens is 4. The van der Waals surface area contributed by atoms with E-state index in [1.165, 1.54) is 24.3 Å². The Kier molecular flexibility index (Phi) is 5.00. The first-order valence-corrected chi connectivity index (χ1v) is 7.28. The van der Waals surface area contributed by atoms with Gasteiger partial charge in [0.25, 0.3) is 0 Å². The van der Waals surface area contributed by atoms with Crippen LogP contribution < -0.4 is 5.32 Å². The molecule has 0 saturated heterocycles. The Morgan fingerprint density at radius 3 is 2.60 bits per heavy atom. The van der Waals surface area contributed by atoms with E-state index in [0.29, 0.717) is 21.6 Å². The fraction of sp³-hybridized carbons (Fsp3) is 0.200. The van der Waals surface area contributed by atoms with Crippen LogP contribution in [0.5, 0.6) is 0 Å². The van der Waals surface area contributed by atoms with Crippen molar-refractivity contribution < 1.29 is 8.78 Å². The summed E-state index contributed by atoms with van der Waals surface area (Å²) in [6.45, 7) is 1.96. The molecule has 0 spiro atoms. The fourth-order valence-electron chi connectivity index (χ4n) is 2.00. The molecule has 0 fully saturated rings. The molecule has 0 aromatic heterocycles. The van der Waals surface area contributed by atoms with E-state index in [2.05, 4.69) is 21.2 Å². The minimum absolute atomic E-state index is 0.0241. The molecule has 0 aliphatic carbocycles. The van der Waals surface area contributed by atoms with Gasteiger partial charge in [0.15, 0.2) is 0 Å². The largest absolute Gasteiger partial charge is 0.380 e. The van der Waals surface area contributed by atoms with Gasteiger partial charge in [0.2, 0.25) is 0 Å². The van der Waals surface area contributed by atoms with E-state index in [9.17, 15) is 8.78 Å². The Bertz CT molecular complexity index is 596. The van der Waals surface area contributed by atoms with Gasteiger partial charge in [-0.2, -0.15) is 0 Å². The van der Waals surface area contributed by atoms with Crippen LogP contribution in [0.25, 0.3) is 0 Å². The summed E-state index contributed by atoms with van der Waals surface area (Å²) >= 11 is 9.29. The molecular weight excluding hydrogens is 348 g/mol. The van der Waals surface area contributed by atoms with Gasteiger partial charge in [0, 0.05) is 10.5 Å². The van der Waals surface area contributed by atoms with Gasteiger partial charge in [0.1, 0.15) is 11.6 Å². The molecule has 0 amide bonds. The molecule has 20 heavy (non-hydrogen) atoms. The Morgan fingerprint density at radius 1 is 1.20 bits per heavy atom. The Labute approximate surface area is 130 Å². The second kappa shape index (κ2) is 6.55. The third-order valence-corrected chi connectivity index (χ3v) is 3.75. The van der Waals surface area contributed by atoms with Crippen molar-refractivity contribution in [1.29, 1.82) is 0 Å².